The molecule has 1 atom stereocenters. The van der Waals surface area contributed by atoms with Crippen molar-refractivity contribution in [2.75, 3.05) is 17.2 Å². The van der Waals surface area contributed by atoms with Gasteiger partial charge < -0.3 is 15.5 Å². The quantitative estimate of drug-likeness (QED) is 0.848. The Hall–Kier alpha value is -2.67. The fraction of sp³-hybridized carbons (Fsp3) is 0.316. The van der Waals surface area contributed by atoms with Crippen LogP contribution in [0.25, 0.3) is 0 Å². The number of rotatable bonds is 5. The van der Waals surface area contributed by atoms with Crippen LogP contribution in [0.15, 0.2) is 41.8 Å². The minimum atomic E-state index is -0.452. The molecule has 0 bridgehead atoms. The highest BCUT2D eigenvalue weighted by atomic mass is 32.1. The lowest BCUT2D eigenvalue weighted by atomic mass is 10.2. The second kappa shape index (κ2) is 8.14. The van der Waals surface area contributed by atoms with E-state index in [-0.39, 0.29) is 17.7 Å². The third-order valence-electron chi connectivity index (χ3n) is 4.23. The van der Waals surface area contributed by atoms with E-state index in [2.05, 4.69) is 10.6 Å². The summed E-state index contributed by atoms with van der Waals surface area (Å²) in [6.07, 6.45) is 1.81. The maximum atomic E-state index is 12.7. The molecule has 1 aliphatic rings. The molecule has 1 aromatic heterocycles. The molecule has 1 saturated heterocycles. The van der Waals surface area contributed by atoms with Crippen LogP contribution in [-0.2, 0) is 20.8 Å². The fourth-order valence-electron chi connectivity index (χ4n) is 3.11. The fourth-order valence-corrected chi connectivity index (χ4v) is 3.80. The van der Waals surface area contributed by atoms with Gasteiger partial charge in [0.1, 0.15) is 6.04 Å². The number of nitrogens with one attached hydrogen (secondary N) is 2. The molecule has 1 aliphatic heterocycles. The highest BCUT2D eigenvalue weighted by molar-refractivity contribution is 7.10. The number of carbonyl (C=O) groups is 3. The van der Waals surface area contributed by atoms with Gasteiger partial charge in [0.05, 0.1) is 6.42 Å². The number of amides is 3. The molecule has 3 rings (SSSR count). The number of hydrogen-bond donors (Lipinski definition) is 2. The number of thiophene rings is 1. The molecule has 1 aromatic carbocycles. The van der Waals surface area contributed by atoms with Crippen molar-refractivity contribution in [3.8, 4) is 0 Å². The molecule has 1 fully saturated rings. The van der Waals surface area contributed by atoms with E-state index in [1.165, 1.54) is 6.92 Å². The van der Waals surface area contributed by atoms with Gasteiger partial charge in [0.25, 0.3) is 0 Å². The van der Waals surface area contributed by atoms with Crippen LogP contribution in [0.5, 0.6) is 0 Å². The van der Waals surface area contributed by atoms with Crippen molar-refractivity contribution in [2.45, 2.75) is 32.2 Å². The van der Waals surface area contributed by atoms with Gasteiger partial charge in [0, 0.05) is 29.7 Å². The summed E-state index contributed by atoms with van der Waals surface area (Å²) in [7, 11) is 0. The van der Waals surface area contributed by atoms with E-state index < -0.39 is 6.04 Å². The molecular formula is C19H21N3O3S. The van der Waals surface area contributed by atoms with Gasteiger partial charge in [-0.2, -0.15) is 0 Å². The number of benzene rings is 1. The van der Waals surface area contributed by atoms with Gasteiger partial charge in [-0.3, -0.25) is 14.4 Å². The third kappa shape index (κ3) is 4.49. The molecule has 0 radical (unpaired) electrons. The lowest BCUT2D eigenvalue weighted by Crippen LogP contribution is -2.43. The summed E-state index contributed by atoms with van der Waals surface area (Å²) in [6.45, 7) is 2.04. The predicted molar refractivity (Wildman–Crippen MR) is 102 cm³/mol. The summed E-state index contributed by atoms with van der Waals surface area (Å²) in [6, 6.07) is 10.4. The highest BCUT2D eigenvalue weighted by Crippen LogP contribution is 2.22. The zero-order valence-electron chi connectivity index (χ0n) is 14.5. The van der Waals surface area contributed by atoms with E-state index in [0.29, 0.717) is 30.8 Å². The molecule has 136 valence electrons. The third-order valence-corrected chi connectivity index (χ3v) is 5.11. The summed E-state index contributed by atoms with van der Waals surface area (Å²) in [5, 5.41) is 7.49. The summed E-state index contributed by atoms with van der Waals surface area (Å²) in [4.78, 5) is 39.1. The molecule has 0 saturated carbocycles. The first-order chi connectivity index (χ1) is 12.5. The normalized spacial score (nSPS) is 16.3. The molecule has 2 aromatic rings. The molecule has 7 heteroatoms. The smallest absolute Gasteiger partial charge is 0.247 e. The Morgan fingerprint density at radius 2 is 1.92 bits per heavy atom. The van der Waals surface area contributed by atoms with Gasteiger partial charge >= 0.3 is 0 Å². The second-order valence-corrected chi connectivity index (χ2v) is 7.28. The molecule has 0 aliphatic carbocycles. The van der Waals surface area contributed by atoms with Crippen LogP contribution < -0.4 is 10.6 Å². The standard InChI is InChI=1S/C19H21N3O3S/c1-13(23)20-14-5-2-6-15(11-14)21-19(25)17-8-3-9-22(17)18(24)12-16-7-4-10-26-16/h2,4-7,10-11,17H,3,8-9,12H2,1H3,(H,20,23)(H,21,25). The van der Waals surface area contributed by atoms with Gasteiger partial charge in [0.15, 0.2) is 0 Å². The maximum Gasteiger partial charge on any atom is 0.247 e. The van der Waals surface area contributed by atoms with Gasteiger partial charge in [-0.25, -0.2) is 0 Å². The SMILES string of the molecule is CC(=O)Nc1cccc(NC(=O)C2CCCN2C(=O)Cc2cccs2)c1. The van der Waals surface area contributed by atoms with Gasteiger partial charge in [-0.05, 0) is 42.5 Å². The predicted octanol–water partition coefficient (Wildman–Crippen LogP) is 2.88. The Kier molecular flexibility index (Phi) is 5.68. The number of anilines is 2. The van der Waals surface area contributed by atoms with E-state index in [1.54, 1.807) is 40.5 Å². The topological polar surface area (TPSA) is 78.5 Å². The van der Waals surface area contributed by atoms with Crippen LogP contribution in [0.2, 0.25) is 0 Å². The number of nitrogens with zero attached hydrogens (tertiary/aromatic N) is 1. The molecule has 0 spiro atoms. The van der Waals surface area contributed by atoms with Crippen molar-refractivity contribution in [1.82, 2.24) is 4.90 Å². The van der Waals surface area contributed by atoms with Crippen LogP contribution in [0.3, 0.4) is 0 Å². The molecule has 3 amide bonds. The van der Waals surface area contributed by atoms with Crippen molar-refractivity contribution in [3.63, 3.8) is 0 Å². The van der Waals surface area contributed by atoms with E-state index in [4.69, 9.17) is 0 Å². The van der Waals surface area contributed by atoms with Crippen LogP contribution >= 0.6 is 11.3 Å². The molecule has 2 N–H and O–H groups in total. The Bertz CT molecular complexity index is 804. The van der Waals surface area contributed by atoms with Crippen molar-refractivity contribution in [3.05, 3.63) is 46.7 Å². The lowest BCUT2D eigenvalue weighted by molar-refractivity contribution is -0.136. The van der Waals surface area contributed by atoms with Gasteiger partial charge in [-0.15, -0.1) is 11.3 Å². The molecule has 2 heterocycles. The summed E-state index contributed by atoms with van der Waals surface area (Å²) < 4.78 is 0. The van der Waals surface area contributed by atoms with E-state index in [1.807, 2.05) is 17.5 Å². The molecule has 26 heavy (non-hydrogen) atoms. The average Bonchev–Trinajstić information content (AvgIpc) is 3.25. The van der Waals surface area contributed by atoms with Gasteiger partial charge in [-0.1, -0.05) is 12.1 Å². The van der Waals surface area contributed by atoms with Crippen molar-refractivity contribution < 1.29 is 14.4 Å². The Labute approximate surface area is 156 Å². The van der Waals surface area contributed by atoms with Gasteiger partial charge in [0.2, 0.25) is 17.7 Å². The number of hydrogen-bond acceptors (Lipinski definition) is 4. The van der Waals surface area contributed by atoms with E-state index in [0.717, 1.165) is 11.3 Å². The Balaban J connectivity index is 1.64. The van der Waals surface area contributed by atoms with Crippen molar-refractivity contribution in [1.29, 1.82) is 0 Å². The molecule has 6 nitrogen and oxygen atoms in total. The first-order valence-electron chi connectivity index (χ1n) is 8.53. The zero-order chi connectivity index (χ0) is 18.5. The lowest BCUT2D eigenvalue weighted by Gasteiger charge is -2.24. The first kappa shape index (κ1) is 18.1. The Morgan fingerprint density at radius 1 is 1.15 bits per heavy atom. The summed E-state index contributed by atoms with van der Waals surface area (Å²) in [5.41, 5.74) is 1.21. The molecule has 1 unspecified atom stereocenters. The summed E-state index contributed by atoms with van der Waals surface area (Å²) >= 11 is 1.55. The minimum Gasteiger partial charge on any atom is -0.330 e. The van der Waals surface area contributed by atoms with Crippen LogP contribution in [0.1, 0.15) is 24.6 Å². The largest absolute Gasteiger partial charge is 0.330 e. The second-order valence-electron chi connectivity index (χ2n) is 6.25. The van der Waals surface area contributed by atoms with Crippen LogP contribution in [0, 0.1) is 0 Å². The van der Waals surface area contributed by atoms with Crippen molar-refractivity contribution >= 4 is 40.4 Å². The van der Waals surface area contributed by atoms with E-state index >= 15 is 0 Å². The molecular weight excluding hydrogens is 350 g/mol. The minimum absolute atomic E-state index is 0.0166. The van der Waals surface area contributed by atoms with Crippen molar-refractivity contribution in [2.24, 2.45) is 0 Å². The first-order valence-corrected chi connectivity index (χ1v) is 9.41. The number of carbonyl (C=O) groups excluding carboxylic acids is 3. The van der Waals surface area contributed by atoms with Crippen LogP contribution in [0.4, 0.5) is 11.4 Å². The maximum absolute atomic E-state index is 12.7. The zero-order valence-corrected chi connectivity index (χ0v) is 15.3. The van der Waals surface area contributed by atoms with E-state index in [9.17, 15) is 14.4 Å². The average molecular weight is 371 g/mol. The highest BCUT2D eigenvalue weighted by Gasteiger charge is 2.34. The van der Waals surface area contributed by atoms with Crippen LogP contribution in [-0.4, -0.2) is 35.2 Å². The summed E-state index contributed by atoms with van der Waals surface area (Å²) in [5.74, 6) is -0.381. The number of likely N-dealkylation sites (tertiary alicyclic amines) is 1. The Morgan fingerprint density at radius 3 is 2.62 bits per heavy atom. The monoisotopic (exact) mass is 371 g/mol.